The first-order valence-electron chi connectivity index (χ1n) is 8.13. The lowest BCUT2D eigenvalue weighted by Crippen LogP contribution is -2.46. The number of hydrogen-bond donors (Lipinski definition) is 2. The second-order valence-electron chi connectivity index (χ2n) is 6.37. The first kappa shape index (κ1) is 16.7. The molecule has 2 aliphatic rings. The minimum Gasteiger partial charge on any atom is -0.390 e. The third kappa shape index (κ3) is 4.04. The Morgan fingerprint density at radius 3 is 2.57 bits per heavy atom. The van der Waals surface area contributed by atoms with E-state index in [0.717, 1.165) is 31.5 Å². The Bertz CT molecular complexity index is 539. The number of nitrogens with zero attached hydrogens (tertiary/aromatic N) is 1. The first-order valence-corrected chi connectivity index (χ1v) is 8.50. The first-order chi connectivity index (χ1) is 11.1. The van der Waals surface area contributed by atoms with Crippen LogP contribution in [0.25, 0.3) is 0 Å². The average Bonchev–Trinajstić information content (AvgIpc) is 3.36. The van der Waals surface area contributed by atoms with Gasteiger partial charge in [0, 0.05) is 31.2 Å². The molecule has 1 unspecified atom stereocenters. The summed E-state index contributed by atoms with van der Waals surface area (Å²) >= 11 is 5.91. The molecule has 1 saturated heterocycles. The molecule has 0 radical (unpaired) electrons. The number of aliphatic hydroxyl groups excluding tert-OH is 1. The van der Waals surface area contributed by atoms with Gasteiger partial charge in [0.15, 0.2) is 0 Å². The molecule has 1 aromatic rings. The number of carbonyl (C=O) groups excluding carboxylic acids is 1. The van der Waals surface area contributed by atoms with Crippen molar-refractivity contribution in [2.45, 2.75) is 24.4 Å². The number of carbonyl (C=O) groups is 1. The normalized spacial score (nSPS) is 21.7. The highest BCUT2D eigenvalue weighted by Gasteiger charge is 2.51. The lowest BCUT2D eigenvalue weighted by Gasteiger charge is -2.28. The van der Waals surface area contributed by atoms with E-state index in [9.17, 15) is 9.90 Å². The van der Waals surface area contributed by atoms with Crippen LogP contribution in [0.4, 0.5) is 0 Å². The molecule has 6 heteroatoms. The highest BCUT2D eigenvalue weighted by molar-refractivity contribution is 6.30. The second-order valence-corrected chi connectivity index (χ2v) is 6.80. The van der Waals surface area contributed by atoms with Gasteiger partial charge in [-0.2, -0.15) is 0 Å². The standard InChI is InChI=1S/C17H23ClN2O3/c18-14-3-1-13(2-4-14)17(5-6-17)16(22)19-11-15(21)12-20-7-9-23-10-8-20/h1-4,15,21H,5-12H2,(H,19,22). The number of aliphatic hydroxyl groups is 1. The highest BCUT2D eigenvalue weighted by atomic mass is 35.5. The van der Waals surface area contributed by atoms with Crippen LogP contribution in [-0.4, -0.2) is 61.4 Å². The van der Waals surface area contributed by atoms with Gasteiger partial charge in [-0.25, -0.2) is 0 Å². The van der Waals surface area contributed by atoms with Crippen molar-refractivity contribution in [3.8, 4) is 0 Å². The van der Waals surface area contributed by atoms with Gasteiger partial charge in [0.1, 0.15) is 0 Å². The number of nitrogens with one attached hydrogen (secondary N) is 1. The molecule has 2 fully saturated rings. The van der Waals surface area contributed by atoms with Crippen LogP contribution in [0.1, 0.15) is 18.4 Å². The number of halogens is 1. The van der Waals surface area contributed by atoms with E-state index < -0.39 is 11.5 Å². The maximum atomic E-state index is 12.5. The fourth-order valence-electron chi connectivity index (χ4n) is 3.07. The van der Waals surface area contributed by atoms with Gasteiger partial charge >= 0.3 is 0 Å². The Morgan fingerprint density at radius 1 is 1.30 bits per heavy atom. The van der Waals surface area contributed by atoms with Gasteiger partial charge in [-0.1, -0.05) is 23.7 Å². The van der Waals surface area contributed by atoms with Gasteiger partial charge in [0.05, 0.1) is 24.7 Å². The molecule has 0 bridgehead atoms. The molecule has 23 heavy (non-hydrogen) atoms. The van der Waals surface area contributed by atoms with E-state index in [4.69, 9.17) is 16.3 Å². The van der Waals surface area contributed by atoms with Gasteiger partial charge < -0.3 is 15.2 Å². The summed E-state index contributed by atoms with van der Waals surface area (Å²) in [5.41, 5.74) is 0.575. The molecule has 3 rings (SSSR count). The molecule has 126 valence electrons. The minimum absolute atomic E-state index is 0.000787. The topological polar surface area (TPSA) is 61.8 Å². The Morgan fingerprint density at radius 2 is 1.96 bits per heavy atom. The summed E-state index contributed by atoms with van der Waals surface area (Å²) in [6.45, 7) is 3.93. The van der Waals surface area contributed by atoms with Crippen molar-refractivity contribution in [1.82, 2.24) is 10.2 Å². The van der Waals surface area contributed by atoms with E-state index >= 15 is 0 Å². The number of hydrogen-bond acceptors (Lipinski definition) is 4. The van der Waals surface area contributed by atoms with Crippen LogP contribution in [-0.2, 0) is 14.9 Å². The number of β-amino-alcohol motifs (C(OH)–C–C–N with tert-alkyl or cyclic N) is 1. The van der Waals surface area contributed by atoms with Crippen molar-refractivity contribution in [3.63, 3.8) is 0 Å². The van der Waals surface area contributed by atoms with Crippen LogP contribution < -0.4 is 5.32 Å². The molecule has 1 atom stereocenters. The minimum atomic E-state index is -0.557. The van der Waals surface area contributed by atoms with Crippen LogP contribution >= 0.6 is 11.6 Å². The van der Waals surface area contributed by atoms with Crippen LogP contribution in [0.2, 0.25) is 5.02 Å². The zero-order valence-corrected chi connectivity index (χ0v) is 13.9. The fraction of sp³-hybridized carbons (Fsp3) is 0.588. The van der Waals surface area contributed by atoms with Gasteiger partial charge in [-0.3, -0.25) is 9.69 Å². The van der Waals surface area contributed by atoms with E-state index in [1.54, 1.807) is 0 Å². The molecule has 1 aromatic carbocycles. The molecule has 0 aromatic heterocycles. The van der Waals surface area contributed by atoms with Gasteiger partial charge in [0.25, 0.3) is 0 Å². The molecule has 2 N–H and O–H groups in total. The summed E-state index contributed by atoms with van der Waals surface area (Å²) < 4.78 is 5.29. The summed E-state index contributed by atoms with van der Waals surface area (Å²) in [5.74, 6) is 0.000787. The lowest BCUT2D eigenvalue weighted by molar-refractivity contribution is -0.124. The Kier molecular flexibility index (Phi) is 5.21. The van der Waals surface area contributed by atoms with E-state index in [1.807, 2.05) is 24.3 Å². The molecule has 1 saturated carbocycles. The quantitative estimate of drug-likeness (QED) is 0.817. The van der Waals surface area contributed by atoms with E-state index in [0.29, 0.717) is 24.8 Å². The average molecular weight is 339 g/mol. The van der Waals surface area contributed by atoms with Crippen molar-refractivity contribution < 1.29 is 14.6 Å². The van der Waals surface area contributed by atoms with Crippen LogP contribution in [0.3, 0.4) is 0 Å². The van der Waals surface area contributed by atoms with E-state index in [-0.39, 0.29) is 12.5 Å². The van der Waals surface area contributed by atoms with E-state index in [2.05, 4.69) is 10.2 Å². The van der Waals surface area contributed by atoms with Gasteiger partial charge in [0.2, 0.25) is 5.91 Å². The zero-order chi connectivity index (χ0) is 16.3. The Hall–Kier alpha value is -1.14. The highest BCUT2D eigenvalue weighted by Crippen LogP contribution is 2.48. The molecular formula is C17H23ClN2O3. The molecule has 1 aliphatic heterocycles. The largest absolute Gasteiger partial charge is 0.390 e. The predicted molar refractivity (Wildman–Crippen MR) is 88.6 cm³/mol. The predicted octanol–water partition coefficient (Wildman–Crippen LogP) is 1.18. The van der Waals surface area contributed by atoms with Crippen molar-refractivity contribution in [1.29, 1.82) is 0 Å². The molecule has 5 nitrogen and oxygen atoms in total. The zero-order valence-electron chi connectivity index (χ0n) is 13.1. The third-order valence-electron chi connectivity index (χ3n) is 4.65. The maximum Gasteiger partial charge on any atom is 0.230 e. The number of morpholine rings is 1. The van der Waals surface area contributed by atoms with Crippen molar-refractivity contribution >= 4 is 17.5 Å². The Balaban J connectivity index is 1.49. The fourth-order valence-corrected chi connectivity index (χ4v) is 3.19. The SMILES string of the molecule is O=C(NCC(O)CN1CCOCC1)C1(c2ccc(Cl)cc2)CC1. The van der Waals surface area contributed by atoms with Crippen LogP contribution in [0.15, 0.2) is 24.3 Å². The monoisotopic (exact) mass is 338 g/mol. The summed E-state index contributed by atoms with van der Waals surface area (Å²) in [6, 6.07) is 7.47. The number of rotatable bonds is 6. The van der Waals surface area contributed by atoms with Crippen molar-refractivity contribution in [2.24, 2.45) is 0 Å². The van der Waals surface area contributed by atoms with E-state index in [1.165, 1.54) is 0 Å². The van der Waals surface area contributed by atoms with Gasteiger partial charge in [-0.05, 0) is 30.5 Å². The molecule has 1 amide bonds. The van der Waals surface area contributed by atoms with Crippen LogP contribution in [0.5, 0.6) is 0 Å². The summed E-state index contributed by atoms with van der Waals surface area (Å²) in [5, 5.41) is 13.7. The Labute approximate surface area is 141 Å². The molecular weight excluding hydrogens is 316 g/mol. The molecule has 1 heterocycles. The summed E-state index contributed by atoms with van der Waals surface area (Å²) in [4.78, 5) is 14.7. The number of amides is 1. The number of ether oxygens (including phenoxy) is 1. The van der Waals surface area contributed by atoms with Gasteiger partial charge in [-0.15, -0.1) is 0 Å². The molecule has 0 spiro atoms. The summed E-state index contributed by atoms with van der Waals surface area (Å²) in [6.07, 6.45) is 1.14. The van der Waals surface area contributed by atoms with Crippen molar-refractivity contribution in [3.05, 3.63) is 34.9 Å². The van der Waals surface area contributed by atoms with Crippen LogP contribution in [0, 0.1) is 0 Å². The summed E-state index contributed by atoms with van der Waals surface area (Å²) in [7, 11) is 0. The second kappa shape index (κ2) is 7.18. The third-order valence-corrected chi connectivity index (χ3v) is 4.90. The maximum absolute atomic E-state index is 12.5. The molecule has 1 aliphatic carbocycles. The van der Waals surface area contributed by atoms with Crippen molar-refractivity contribution in [2.75, 3.05) is 39.4 Å². The lowest BCUT2D eigenvalue weighted by atomic mass is 9.95. The smallest absolute Gasteiger partial charge is 0.230 e. The number of benzene rings is 1.